The number of fused-ring (bicyclic) bond motifs is 1. The normalized spacial score (nSPS) is 10.7. The Morgan fingerprint density at radius 1 is 1.25 bits per heavy atom. The van der Waals surface area contributed by atoms with E-state index in [9.17, 15) is 4.79 Å². The molecule has 6 heteroatoms. The van der Waals surface area contributed by atoms with E-state index in [2.05, 4.69) is 10.1 Å². The Morgan fingerprint density at radius 3 is 2.80 bits per heavy atom. The molecule has 6 nitrogen and oxygen atoms in total. The number of amides is 1. The van der Waals surface area contributed by atoms with Crippen LogP contribution in [0.5, 0.6) is 5.75 Å². The molecule has 0 aliphatic rings. The summed E-state index contributed by atoms with van der Waals surface area (Å²) in [5, 5.41) is 4.16. The van der Waals surface area contributed by atoms with Crippen LogP contribution in [0, 0.1) is 0 Å². The van der Waals surface area contributed by atoms with Crippen molar-refractivity contribution in [2.75, 3.05) is 7.11 Å². The molecule has 0 bridgehead atoms. The molecular weight excluding hydrogens is 256 g/mol. The molecule has 0 saturated carbocycles. The number of rotatable bonds is 3. The molecule has 1 aromatic carbocycles. The highest BCUT2D eigenvalue weighted by Crippen LogP contribution is 2.30. The topological polar surface area (TPSA) is 82.5 Å². The second-order valence-corrected chi connectivity index (χ2v) is 4.20. The molecule has 2 N–H and O–H groups in total. The number of methoxy groups -OCH3 is 1. The highest BCUT2D eigenvalue weighted by Gasteiger charge is 2.12. The Bertz CT molecular complexity index is 795. The van der Waals surface area contributed by atoms with E-state index < -0.39 is 5.91 Å². The van der Waals surface area contributed by atoms with Gasteiger partial charge in [0.05, 0.1) is 24.5 Å². The number of carbonyl (C=O) groups is 1. The van der Waals surface area contributed by atoms with E-state index in [1.165, 1.54) is 0 Å². The minimum absolute atomic E-state index is 0.0233. The monoisotopic (exact) mass is 268 g/mol. The zero-order valence-corrected chi connectivity index (χ0v) is 10.8. The molecule has 0 atom stereocenters. The van der Waals surface area contributed by atoms with Crippen molar-refractivity contribution in [2.24, 2.45) is 5.73 Å². The largest absolute Gasteiger partial charge is 0.496 e. The fraction of sp³-hybridized carbons (Fsp3) is 0.0714. The lowest BCUT2D eigenvalue weighted by Gasteiger charge is -2.08. The number of hydrogen-bond donors (Lipinski definition) is 1. The number of benzene rings is 1. The molecule has 0 unspecified atom stereocenters. The van der Waals surface area contributed by atoms with E-state index in [0.29, 0.717) is 0 Å². The van der Waals surface area contributed by atoms with Crippen molar-refractivity contribution in [3.63, 3.8) is 0 Å². The molecule has 0 saturated heterocycles. The summed E-state index contributed by atoms with van der Waals surface area (Å²) in [5.41, 5.74) is 7.68. The van der Waals surface area contributed by atoms with Gasteiger partial charge in [-0.2, -0.15) is 0 Å². The second kappa shape index (κ2) is 4.65. The van der Waals surface area contributed by atoms with E-state index >= 15 is 0 Å². The number of ether oxygens (including phenoxy) is 1. The van der Waals surface area contributed by atoms with E-state index in [1.807, 2.05) is 36.4 Å². The summed E-state index contributed by atoms with van der Waals surface area (Å²) in [4.78, 5) is 15.1. The maximum absolute atomic E-state index is 11.2. The lowest BCUT2D eigenvalue weighted by atomic mass is 10.1. The summed E-state index contributed by atoms with van der Waals surface area (Å²) in [6.07, 6.45) is 1.56. The average Bonchev–Trinajstić information content (AvgIpc) is 2.89. The molecule has 0 spiro atoms. The van der Waals surface area contributed by atoms with Crippen LogP contribution in [0.15, 0.2) is 42.6 Å². The van der Waals surface area contributed by atoms with Gasteiger partial charge in [0.15, 0.2) is 0 Å². The van der Waals surface area contributed by atoms with Gasteiger partial charge in [-0.3, -0.25) is 4.79 Å². The molecule has 0 radical (unpaired) electrons. The van der Waals surface area contributed by atoms with Crippen LogP contribution >= 0.6 is 0 Å². The lowest BCUT2D eigenvalue weighted by molar-refractivity contribution is 0.0989. The predicted molar refractivity (Wildman–Crippen MR) is 73.5 cm³/mol. The molecule has 1 amide bonds. The summed E-state index contributed by atoms with van der Waals surface area (Å²) in [6, 6.07) is 11.4. The van der Waals surface area contributed by atoms with Crippen LogP contribution in [-0.4, -0.2) is 27.6 Å². The predicted octanol–water partition coefficient (Wildman–Crippen LogP) is 1.50. The Hall–Kier alpha value is -2.89. The van der Waals surface area contributed by atoms with E-state index in [-0.39, 0.29) is 5.82 Å². The summed E-state index contributed by atoms with van der Waals surface area (Å²) in [7, 11) is 1.61. The number of primary amides is 1. The molecule has 3 aromatic rings. The van der Waals surface area contributed by atoms with Crippen molar-refractivity contribution in [3.8, 4) is 17.0 Å². The zero-order chi connectivity index (χ0) is 14.1. The number of para-hydroxylation sites is 1. The molecule has 0 aliphatic carbocycles. The standard InChI is InChI=1S/C14H12N4O2/c1-20-12-5-3-2-4-10(12)11-7-6-9-8-16-14(13(15)19)17-18(9)11/h2-8H,1H3,(H2,15,19). The Balaban J connectivity index is 2.26. The lowest BCUT2D eigenvalue weighted by Crippen LogP contribution is -2.17. The van der Waals surface area contributed by atoms with Gasteiger partial charge >= 0.3 is 0 Å². The van der Waals surface area contributed by atoms with Crippen LogP contribution in [0.2, 0.25) is 0 Å². The van der Waals surface area contributed by atoms with Crippen molar-refractivity contribution in [1.82, 2.24) is 14.6 Å². The third kappa shape index (κ3) is 1.87. The van der Waals surface area contributed by atoms with Crippen LogP contribution in [0.4, 0.5) is 0 Å². The molecule has 0 aliphatic heterocycles. The van der Waals surface area contributed by atoms with Gasteiger partial charge in [0, 0.05) is 5.56 Å². The number of aromatic nitrogens is 3. The van der Waals surface area contributed by atoms with Gasteiger partial charge in [-0.1, -0.05) is 12.1 Å². The summed E-state index contributed by atoms with van der Waals surface area (Å²) in [5.74, 6) is 0.0446. The van der Waals surface area contributed by atoms with Crippen LogP contribution in [-0.2, 0) is 0 Å². The number of carbonyl (C=O) groups excluding carboxylic acids is 1. The Labute approximate surface area is 114 Å². The fourth-order valence-electron chi connectivity index (χ4n) is 2.07. The molecule has 0 fully saturated rings. The van der Waals surface area contributed by atoms with E-state index in [4.69, 9.17) is 10.5 Å². The van der Waals surface area contributed by atoms with Gasteiger partial charge in [-0.05, 0) is 24.3 Å². The summed E-state index contributed by atoms with van der Waals surface area (Å²) < 4.78 is 6.98. The highest BCUT2D eigenvalue weighted by molar-refractivity contribution is 5.88. The van der Waals surface area contributed by atoms with Crippen LogP contribution < -0.4 is 10.5 Å². The van der Waals surface area contributed by atoms with Crippen LogP contribution in [0.1, 0.15) is 10.6 Å². The summed E-state index contributed by atoms with van der Waals surface area (Å²) >= 11 is 0. The molecule has 100 valence electrons. The first-order valence-corrected chi connectivity index (χ1v) is 5.98. The Kier molecular flexibility index (Phi) is 2.83. The average molecular weight is 268 g/mol. The molecule has 2 aromatic heterocycles. The Morgan fingerprint density at radius 2 is 2.05 bits per heavy atom. The van der Waals surface area contributed by atoms with Gasteiger partial charge in [0.25, 0.3) is 5.91 Å². The van der Waals surface area contributed by atoms with Crippen molar-refractivity contribution in [2.45, 2.75) is 0 Å². The van der Waals surface area contributed by atoms with Crippen molar-refractivity contribution >= 4 is 11.4 Å². The van der Waals surface area contributed by atoms with Crippen LogP contribution in [0.25, 0.3) is 16.8 Å². The van der Waals surface area contributed by atoms with E-state index in [0.717, 1.165) is 22.5 Å². The first kappa shape index (κ1) is 12.2. The van der Waals surface area contributed by atoms with Crippen LogP contribution in [0.3, 0.4) is 0 Å². The molecule has 2 heterocycles. The second-order valence-electron chi connectivity index (χ2n) is 4.20. The first-order valence-electron chi connectivity index (χ1n) is 5.98. The highest BCUT2D eigenvalue weighted by atomic mass is 16.5. The van der Waals surface area contributed by atoms with E-state index in [1.54, 1.807) is 17.8 Å². The number of nitrogens with zero attached hydrogens (tertiary/aromatic N) is 3. The maximum atomic E-state index is 11.2. The third-order valence-electron chi connectivity index (χ3n) is 3.00. The van der Waals surface area contributed by atoms with Gasteiger partial charge in [-0.25, -0.2) is 9.50 Å². The molecule has 20 heavy (non-hydrogen) atoms. The van der Waals surface area contributed by atoms with Crippen molar-refractivity contribution < 1.29 is 9.53 Å². The summed E-state index contributed by atoms with van der Waals surface area (Å²) in [6.45, 7) is 0. The van der Waals surface area contributed by atoms with Crippen molar-refractivity contribution in [3.05, 3.63) is 48.4 Å². The quantitative estimate of drug-likeness (QED) is 0.780. The van der Waals surface area contributed by atoms with Gasteiger partial charge in [0.2, 0.25) is 5.82 Å². The number of hydrogen-bond acceptors (Lipinski definition) is 4. The maximum Gasteiger partial charge on any atom is 0.288 e. The SMILES string of the molecule is COc1ccccc1-c1ccc2cnc(C(N)=O)nn12. The molecule has 3 rings (SSSR count). The van der Waals surface area contributed by atoms with Gasteiger partial charge in [-0.15, -0.1) is 5.10 Å². The fourth-order valence-corrected chi connectivity index (χ4v) is 2.07. The minimum Gasteiger partial charge on any atom is -0.496 e. The van der Waals surface area contributed by atoms with Gasteiger partial charge in [0.1, 0.15) is 5.75 Å². The van der Waals surface area contributed by atoms with Crippen molar-refractivity contribution in [1.29, 1.82) is 0 Å². The molecular formula is C14H12N4O2. The smallest absolute Gasteiger partial charge is 0.288 e. The zero-order valence-electron chi connectivity index (χ0n) is 10.8. The minimum atomic E-state index is -0.661. The van der Waals surface area contributed by atoms with Gasteiger partial charge < -0.3 is 10.5 Å². The number of nitrogens with two attached hydrogens (primary N) is 1. The third-order valence-corrected chi connectivity index (χ3v) is 3.00. The first-order chi connectivity index (χ1) is 9.70.